The van der Waals surface area contributed by atoms with Crippen molar-refractivity contribution in [3.63, 3.8) is 0 Å². The lowest BCUT2D eigenvalue weighted by atomic mass is 10.4. The molecule has 0 atom stereocenters. The summed E-state index contributed by atoms with van der Waals surface area (Å²) in [5, 5.41) is 7.62. The maximum absolute atomic E-state index is 4.07. The Labute approximate surface area is 103 Å². The number of nitrogens with zero attached hydrogens (tertiary/aromatic N) is 3. The number of hydrogen-bond donors (Lipinski definition) is 0. The third-order valence-corrected chi connectivity index (χ3v) is 2.82. The zero-order valence-corrected chi connectivity index (χ0v) is 11.9. The van der Waals surface area contributed by atoms with Gasteiger partial charge in [0.25, 0.3) is 0 Å². The molecule has 1 rings (SSSR count). The number of aromatic nitrogens is 3. The fourth-order valence-electron chi connectivity index (χ4n) is 0.617. The third kappa shape index (κ3) is 2.71. The van der Waals surface area contributed by atoms with Gasteiger partial charge in [-0.2, -0.15) is 0 Å². The maximum Gasteiger partial charge on any atom is 0.138 e. The van der Waals surface area contributed by atoms with E-state index in [1.807, 2.05) is 0 Å². The summed E-state index contributed by atoms with van der Waals surface area (Å²) in [5.74, 6) is 0. The van der Waals surface area contributed by atoms with Gasteiger partial charge in [-0.3, -0.25) is 0 Å². The Hall–Kier alpha value is 0.930. The number of halogens is 4. The van der Waals surface area contributed by atoms with Crippen LogP contribution in [-0.2, 0) is 0 Å². The zero-order chi connectivity index (χ0) is 9.14. The first kappa shape index (κ1) is 11.0. The van der Waals surface area contributed by atoms with Crippen LogP contribution in [0.15, 0.2) is 6.33 Å². The van der Waals surface area contributed by atoms with Crippen LogP contribution in [0.4, 0.5) is 0 Å². The van der Waals surface area contributed by atoms with Gasteiger partial charge in [-0.25, -0.2) is 4.98 Å². The smallest absolute Gasteiger partial charge is 0.138 e. The highest BCUT2D eigenvalue weighted by atomic mass is 79.9. The van der Waals surface area contributed by atoms with E-state index in [0.717, 1.165) is 11.4 Å². The molecule has 66 valence electrons. The molecule has 0 amide bonds. The molecule has 0 spiro atoms. The first-order chi connectivity index (χ1) is 5.63. The van der Waals surface area contributed by atoms with E-state index in [4.69, 9.17) is 0 Å². The monoisotopic (exact) mass is 421 g/mol. The average molecular weight is 425 g/mol. The second kappa shape index (κ2) is 4.97. The van der Waals surface area contributed by atoms with Gasteiger partial charge in [0.05, 0.1) is 5.69 Å². The Bertz CT molecular complexity index is 238. The summed E-state index contributed by atoms with van der Waals surface area (Å²) >= 11 is 13.4. The molecule has 3 nitrogen and oxygen atoms in total. The second-order valence-electron chi connectivity index (χ2n) is 1.83. The standard InChI is InChI=1S/C5H3Br4N3/c6-4(7)2-3(5(8)9)12-11-1-10-2/h1,4-5H. The van der Waals surface area contributed by atoms with Crippen molar-refractivity contribution in [2.45, 2.75) is 7.47 Å². The highest BCUT2D eigenvalue weighted by Crippen LogP contribution is 2.36. The van der Waals surface area contributed by atoms with Gasteiger partial charge < -0.3 is 0 Å². The third-order valence-electron chi connectivity index (χ3n) is 1.09. The molecule has 0 bridgehead atoms. The van der Waals surface area contributed by atoms with E-state index in [1.54, 1.807) is 0 Å². The summed E-state index contributed by atoms with van der Waals surface area (Å²) in [6, 6.07) is 0. The van der Waals surface area contributed by atoms with Gasteiger partial charge in [-0.15, -0.1) is 10.2 Å². The Balaban J connectivity index is 3.09. The van der Waals surface area contributed by atoms with Crippen LogP contribution in [0.25, 0.3) is 0 Å². The number of rotatable bonds is 2. The lowest BCUT2D eigenvalue weighted by molar-refractivity contribution is 0.883. The highest BCUT2D eigenvalue weighted by molar-refractivity contribution is 9.24. The summed E-state index contributed by atoms with van der Waals surface area (Å²) in [6.45, 7) is 0. The van der Waals surface area contributed by atoms with Crippen LogP contribution in [0.5, 0.6) is 0 Å². The molecule has 0 radical (unpaired) electrons. The van der Waals surface area contributed by atoms with Crippen LogP contribution in [0.1, 0.15) is 18.9 Å². The highest BCUT2D eigenvalue weighted by Gasteiger charge is 2.16. The van der Waals surface area contributed by atoms with E-state index in [-0.39, 0.29) is 7.47 Å². The van der Waals surface area contributed by atoms with Gasteiger partial charge in [0, 0.05) is 0 Å². The second-order valence-corrected chi connectivity index (χ2v) is 7.95. The molecule has 0 saturated carbocycles. The molecule has 1 heterocycles. The normalized spacial score (nSPS) is 11.2. The van der Waals surface area contributed by atoms with E-state index >= 15 is 0 Å². The van der Waals surface area contributed by atoms with Crippen molar-refractivity contribution in [3.8, 4) is 0 Å². The van der Waals surface area contributed by atoms with Gasteiger partial charge >= 0.3 is 0 Å². The van der Waals surface area contributed by atoms with Gasteiger partial charge in [-0.05, 0) is 0 Å². The molecular weight excluding hydrogens is 422 g/mol. The average Bonchev–Trinajstić information content (AvgIpc) is 2.04. The van der Waals surface area contributed by atoms with Crippen molar-refractivity contribution in [3.05, 3.63) is 17.7 Å². The molecule has 0 fully saturated rings. The topological polar surface area (TPSA) is 38.7 Å². The summed E-state index contributed by atoms with van der Waals surface area (Å²) in [5.41, 5.74) is 1.57. The van der Waals surface area contributed by atoms with E-state index in [9.17, 15) is 0 Å². The van der Waals surface area contributed by atoms with Crippen molar-refractivity contribution < 1.29 is 0 Å². The predicted molar refractivity (Wildman–Crippen MR) is 61.0 cm³/mol. The minimum Gasteiger partial charge on any atom is -0.235 e. The van der Waals surface area contributed by atoms with Gasteiger partial charge in [-0.1, -0.05) is 63.7 Å². The van der Waals surface area contributed by atoms with Crippen molar-refractivity contribution in [2.24, 2.45) is 0 Å². The van der Waals surface area contributed by atoms with Crippen molar-refractivity contribution in [2.75, 3.05) is 0 Å². The molecule has 12 heavy (non-hydrogen) atoms. The number of hydrogen-bond acceptors (Lipinski definition) is 3. The fraction of sp³-hybridized carbons (Fsp3) is 0.400. The minimum absolute atomic E-state index is 0.00639. The Morgan fingerprint density at radius 2 is 1.58 bits per heavy atom. The van der Waals surface area contributed by atoms with Crippen molar-refractivity contribution in [1.29, 1.82) is 0 Å². The van der Waals surface area contributed by atoms with Crippen LogP contribution in [0.3, 0.4) is 0 Å². The molecular formula is C5H3Br4N3. The van der Waals surface area contributed by atoms with E-state index in [0.29, 0.717) is 0 Å². The van der Waals surface area contributed by atoms with Crippen molar-refractivity contribution >= 4 is 63.7 Å². The van der Waals surface area contributed by atoms with Gasteiger partial charge in [0.15, 0.2) is 0 Å². The number of alkyl halides is 4. The fourth-order valence-corrected chi connectivity index (χ4v) is 1.97. The SMILES string of the molecule is BrC(Br)c1ncnnc1C(Br)Br. The van der Waals surface area contributed by atoms with Gasteiger partial charge in [0.1, 0.15) is 19.5 Å². The Morgan fingerprint density at radius 3 is 2.00 bits per heavy atom. The first-order valence-corrected chi connectivity index (χ1v) is 6.53. The molecule has 0 saturated heterocycles. The molecule has 0 N–H and O–H groups in total. The van der Waals surface area contributed by atoms with Crippen LogP contribution < -0.4 is 0 Å². The largest absolute Gasteiger partial charge is 0.235 e. The Kier molecular flexibility index (Phi) is 4.56. The van der Waals surface area contributed by atoms with Crippen LogP contribution in [-0.4, -0.2) is 15.2 Å². The lowest BCUT2D eigenvalue weighted by Crippen LogP contribution is -2.01. The van der Waals surface area contributed by atoms with Crippen LogP contribution in [0.2, 0.25) is 0 Å². The van der Waals surface area contributed by atoms with Crippen LogP contribution >= 0.6 is 63.7 Å². The summed E-state index contributed by atoms with van der Waals surface area (Å²) < 4.78 is -0.0353. The molecule has 1 aromatic heterocycles. The quantitative estimate of drug-likeness (QED) is 0.683. The molecule has 0 aliphatic rings. The Morgan fingerprint density at radius 1 is 1.00 bits per heavy atom. The lowest BCUT2D eigenvalue weighted by Gasteiger charge is -2.06. The zero-order valence-electron chi connectivity index (χ0n) is 5.59. The molecule has 7 heteroatoms. The predicted octanol–water partition coefficient (Wildman–Crippen LogP) is 3.45. The molecule has 0 aliphatic heterocycles. The van der Waals surface area contributed by atoms with Crippen LogP contribution in [0, 0.1) is 0 Å². The first-order valence-electron chi connectivity index (χ1n) is 2.86. The van der Waals surface area contributed by atoms with Gasteiger partial charge in [0.2, 0.25) is 0 Å². The summed E-state index contributed by atoms with van der Waals surface area (Å²) in [4.78, 5) is 4.07. The van der Waals surface area contributed by atoms with E-state index < -0.39 is 0 Å². The molecule has 0 unspecified atom stereocenters. The summed E-state index contributed by atoms with van der Waals surface area (Å²) in [6.07, 6.45) is 1.41. The molecule has 0 aliphatic carbocycles. The maximum atomic E-state index is 4.07. The molecule has 1 aromatic rings. The molecule has 0 aromatic carbocycles. The minimum atomic E-state index is -0.0289. The van der Waals surface area contributed by atoms with E-state index in [1.165, 1.54) is 6.33 Å². The van der Waals surface area contributed by atoms with Crippen molar-refractivity contribution in [1.82, 2.24) is 15.2 Å². The van der Waals surface area contributed by atoms with E-state index in [2.05, 4.69) is 78.9 Å². The summed E-state index contributed by atoms with van der Waals surface area (Å²) in [7, 11) is 0.